The van der Waals surface area contributed by atoms with Crippen LogP contribution in [0, 0.1) is 10.1 Å². The molecule has 2 aromatic carbocycles. The van der Waals surface area contributed by atoms with Crippen molar-refractivity contribution in [2.75, 3.05) is 6.79 Å². The summed E-state index contributed by atoms with van der Waals surface area (Å²) in [6.45, 7) is -0.0635. The zero-order chi connectivity index (χ0) is 19.4. The largest absolute Gasteiger partial charge is 0.454 e. The quantitative estimate of drug-likeness (QED) is 0.288. The minimum Gasteiger partial charge on any atom is -0.454 e. The fourth-order valence-corrected chi connectivity index (χ4v) is 3.62. The van der Waals surface area contributed by atoms with Gasteiger partial charge >= 0.3 is 11.6 Å². The second-order valence-electron chi connectivity index (χ2n) is 6.38. The predicted octanol–water partition coefficient (Wildman–Crippen LogP) is 2.87. The van der Waals surface area contributed by atoms with Gasteiger partial charge in [0.2, 0.25) is 6.79 Å². The van der Waals surface area contributed by atoms with Crippen molar-refractivity contribution in [3.63, 3.8) is 0 Å². The molecule has 0 spiro atoms. The Kier molecular flexibility index (Phi) is 3.38. The van der Waals surface area contributed by atoms with E-state index < -0.39 is 22.4 Å². The Morgan fingerprint density at radius 2 is 1.82 bits per heavy atom. The molecular formula is C19H11NO8. The molecule has 0 saturated carbocycles. The van der Waals surface area contributed by atoms with E-state index in [0.717, 1.165) is 0 Å². The van der Waals surface area contributed by atoms with Gasteiger partial charge < -0.3 is 18.6 Å². The van der Waals surface area contributed by atoms with Crippen molar-refractivity contribution in [1.29, 1.82) is 0 Å². The number of nitrogens with zero attached hydrogens (tertiary/aromatic N) is 1. The summed E-state index contributed by atoms with van der Waals surface area (Å²) in [5.41, 5.74) is -0.490. The van der Waals surface area contributed by atoms with E-state index in [1.807, 2.05) is 0 Å². The number of hydrogen-bond acceptors (Lipinski definition) is 8. The summed E-state index contributed by atoms with van der Waals surface area (Å²) in [5.74, 6) is -0.891. The Bertz CT molecular complexity index is 1230. The molecule has 3 heterocycles. The summed E-state index contributed by atoms with van der Waals surface area (Å²) in [7, 11) is 0. The second-order valence-corrected chi connectivity index (χ2v) is 6.38. The molecule has 0 amide bonds. The van der Waals surface area contributed by atoms with Crippen LogP contribution in [-0.4, -0.2) is 17.7 Å². The molecule has 0 fully saturated rings. The summed E-state index contributed by atoms with van der Waals surface area (Å²) >= 11 is 0. The Morgan fingerprint density at radius 3 is 2.61 bits per heavy atom. The first-order valence-corrected chi connectivity index (χ1v) is 8.37. The maximum absolute atomic E-state index is 12.7. The first-order valence-electron chi connectivity index (χ1n) is 8.37. The number of nitro benzene ring substituents is 1. The van der Waals surface area contributed by atoms with Gasteiger partial charge in [0, 0.05) is 11.5 Å². The fourth-order valence-electron chi connectivity index (χ4n) is 3.62. The first-order chi connectivity index (χ1) is 13.5. The number of nitro groups is 1. The van der Waals surface area contributed by atoms with Crippen LogP contribution in [0.2, 0.25) is 0 Å². The lowest BCUT2D eigenvalue weighted by atomic mass is 9.85. The lowest BCUT2D eigenvalue weighted by Gasteiger charge is -2.24. The molecular weight excluding hydrogens is 370 g/mol. The summed E-state index contributed by atoms with van der Waals surface area (Å²) in [4.78, 5) is 36.1. The minimum atomic E-state index is -0.910. The van der Waals surface area contributed by atoms with E-state index in [2.05, 4.69) is 0 Å². The maximum Gasteiger partial charge on any atom is 0.343 e. The number of ether oxygens (including phenoxy) is 3. The molecule has 1 atom stereocenters. The van der Waals surface area contributed by atoms with E-state index in [1.165, 1.54) is 12.1 Å². The molecule has 140 valence electrons. The van der Waals surface area contributed by atoms with Gasteiger partial charge in [-0.2, -0.15) is 0 Å². The van der Waals surface area contributed by atoms with Crippen molar-refractivity contribution in [3.8, 4) is 17.2 Å². The summed E-state index contributed by atoms with van der Waals surface area (Å²) in [6.07, 6.45) is -0.239. The zero-order valence-electron chi connectivity index (χ0n) is 14.2. The van der Waals surface area contributed by atoms with E-state index in [0.29, 0.717) is 11.1 Å². The van der Waals surface area contributed by atoms with E-state index in [-0.39, 0.29) is 47.1 Å². The Balaban J connectivity index is 1.80. The molecule has 5 rings (SSSR count). The van der Waals surface area contributed by atoms with E-state index in [9.17, 15) is 19.7 Å². The number of carbonyl (C=O) groups is 1. The summed E-state index contributed by atoms with van der Waals surface area (Å²) < 4.78 is 21.2. The molecule has 1 aromatic heterocycles. The number of rotatable bonds is 2. The predicted molar refractivity (Wildman–Crippen MR) is 93.8 cm³/mol. The van der Waals surface area contributed by atoms with Gasteiger partial charge in [0.15, 0.2) is 17.2 Å². The highest BCUT2D eigenvalue weighted by atomic mass is 16.7. The van der Waals surface area contributed by atoms with Gasteiger partial charge in [0.05, 0.1) is 28.4 Å². The van der Waals surface area contributed by atoms with Gasteiger partial charge in [-0.25, -0.2) is 4.79 Å². The van der Waals surface area contributed by atoms with Crippen LogP contribution < -0.4 is 19.8 Å². The monoisotopic (exact) mass is 381 g/mol. The molecule has 9 nitrogen and oxygen atoms in total. The highest BCUT2D eigenvalue weighted by molar-refractivity contribution is 5.90. The lowest BCUT2D eigenvalue weighted by Crippen LogP contribution is -2.27. The molecule has 0 radical (unpaired) electrons. The number of fused-ring (bicyclic) bond motifs is 4. The van der Waals surface area contributed by atoms with Gasteiger partial charge in [-0.05, 0) is 18.2 Å². The van der Waals surface area contributed by atoms with E-state index in [4.69, 9.17) is 18.6 Å². The Hall–Kier alpha value is -3.88. The smallest absolute Gasteiger partial charge is 0.343 e. The number of hydrogen-bond donors (Lipinski definition) is 0. The molecule has 0 aliphatic carbocycles. The maximum atomic E-state index is 12.7. The molecule has 2 aliphatic heterocycles. The third-order valence-corrected chi connectivity index (χ3v) is 4.83. The average molecular weight is 381 g/mol. The van der Waals surface area contributed by atoms with Crippen LogP contribution in [-0.2, 0) is 4.79 Å². The molecule has 2 aliphatic rings. The standard InChI is InChI=1S/C19H11NO8/c21-16-6-11(10-5-14-15(26-8-25-14)7-12(10)20(23)24)17-18(28-16)9-3-1-2-4-13(9)27-19(17)22/h1-5,7,11H,6,8H2. The topological polar surface area (TPSA) is 118 Å². The molecule has 1 unspecified atom stereocenters. The SMILES string of the molecule is O=C1CC(c2cc3c(cc2[N+](=O)[O-])OCO3)c2c(c3ccccc3oc2=O)O1. The van der Waals surface area contributed by atoms with E-state index in [1.54, 1.807) is 24.3 Å². The highest BCUT2D eigenvalue weighted by Crippen LogP contribution is 2.47. The molecule has 3 aromatic rings. The van der Waals surface area contributed by atoms with Crippen molar-refractivity contribution in [3.05, 3.63) is 68.1 Å². The molecule has 0 saturated heterocycles. The normalized spacial score (nSPS) is 17.3. The van der Waals surface area contributed by atoms with Gasteiger partial charge in [-0.15, -0.1) is 0 Å². The van der Waals surface area contributed by atoms with Crippen molar-refractivity contribution in [2.24, 2.45) is 0 Å². The van der Waals surface area contributed by atoms with Gasteiger partial charge in [-0.3, -0.25) is 14.9 Å². The fraction of sp³-hybridized carbons (Fsp3) is 0.158. The highest BCUT2D eigenvalue weighted by Gasteiger charge is 2.38. The molecule has 9 heteroatoms. The number of benzene rings is 2. The number of para-hydroxylation sites is 1. The van der Waals surface area contributed by atoms with Crippen LogP contribution in [0.25, 0.3) is 11.0 Å². The van der Waals surface area contributed by atoms with Crippen LogP contribution in [0.5, 0.6) is 17.2 Å². The summed E-state index contributed by atoms with van der Waals surface area (Å²) in [5, 5.41) is 12.1. The van der Waals surface area contributed by atoms with Gasteiger partial charge in [0.25, 0.3) is 5.69 Å². The summed E-state index contributed by atoms with van der Waals surface area (Å²) in [6, 6.07) is 9.30. The van der Waals surface area contributed by atoms with Crippen LogP contribution in [0.3, 0.4) is 0 Å². The molecule has 0 N–H and O–H groups in total. The van der Waals surface area contributed by atoms with Gasteiger partial charge in [0.1, 0.15) is 5.58 Å². The van der Waals surface area contributed by atoms with Crippen LogP contribution in [0.1, 0.15) is 23.5 Å². The van der Waals surface area contributed by atoms with Crippen LogP contribution in [0.4, 0.5) is 5.69 Å². The van der Waals surface area contributed by atoms with Crippen molar-refractivity contribution < 1.29 is 28.3 Å². The van der Waals surface area contributed by atoms with Crippen molar-refractivity contribution >= 4 is 22.6 Å². The van der Waals surface area contributed by atoms with Crippen molar-refractivity contribution in [1.82, 2.24) is 0 Å². The second kappa shape index (κ2) is 5.81. The third kappa shape index (κ3) is 2.33. The van der Waals surface area contributed by atoms with Gasteiger partial charge in [-0.1, -0.05) is 12.1 Å². The molecule has 28 heavy (non-hydrogen) atoms. The first kappa shape index (κ1) is 16.3. The third-order valence-electron chi connectivity index (χ3n) is 4.83. The Morgan fingerprint density at radius 1 is 1.07 bits per heavy atom. The van der Waals surface area contributed by atoms with Crippen LogP contribution in [0.15, 0.2) is 45.6 Å². The minimum absolute atomic E-state index is 0.0635. The molecule has 0 bridgehead atoms. The Labute approximate surface area is 156 Å². The van der Waals surface area contributed by atoms with Crippen molar-refractivity contribution in [2.45, 2.75) is 12.3 Å². The lowest BCUT2D eigenvalue weighted by molar-refractivity contribution is -0.385. The number of esters is 1. The van der Waals surface area contributed by atoms with E-state index >= 15 is 0 Å². The number of carbonyl (C=O) groups excluding carboxylic acids is 1. The average Bonchev–Trinajstić information content (AvgIpc) is 3.14. The van der Waals surface area contributed by atoms with Crippen LogP contribution >= 0.6 is 0 Å². The zero-order valence-corrected chi connectivity index (χ0v) is 14.2.